The van der Waals surface area contributed by atoms with E-state index in [4.69, 9.17) is 9.47 Å². The molecule has 0 aliphatic carbocycles. The van der Waals surface area contributed by atoms with E-state index < -0.39 is 0 Å². The van der Waals surface area contributed by atoms with Gasteiger partial charge in [0.05, 0.1) is 50.4 Å². The summed E-state index contributed by atoms with van der Waals surface area (Å²) in [4.78, 5) is 0. The quantitative estimate of drug-likeness (QED) is 0.256. The summed E-state index contributed by atoms with van der Waals surface area (Å²) in [6.07, 6.45) is 0. The summed E-state index contributed by atoms with van der Waals surface area (Å²) in [7, 11) is 6.37. The lowest BCUT2D eigenvalue weighted by Gasteiger charge is -2.18. The fourth-order valence-electron chi connectivity index (χ4n) is 5.40. The van der Waals surface area contributed by atoms with Crippen molar-refractivity contribution in [1.82, 2.24) is 0 Å². The molecule has 0 amide bonds. The summed E-state index contributed by atoms with van der Waals surface area (Å²) in [6.45, 7) is 0. The number of methoxy groups -OCH3 is 2. The van der Waals surface area contributed by atoms with Crippen molar-refractivity contribution in [1.29, 1.82) is 0 Å². The van der Waals surface area contributed by atoms with Crippen molar-refractivity contribution in [2.24, 2.45) is 0 Å². The minimum Gasteiger partial charge on any atom is -0.495 e. The smallest absolute Gasteiger partial charge is 0.134 e. The van der Waals surface area contributed by atoms with Crippen LogP contribution in [0.2, 0.25) is 0 Å². The van der Waals surface area contributed by atoms with E-state index in [0.717, 1.165) is 11.5 Å². The van der Waals surface area contributed by atoms with Crippen LogP contribution < -0.4 is 30.2 Å². The second-order valence-electron chi connectivity index (χ2n) is 8.92. The second-order valence-corrected chi connectivity index (χ2v) is 15.1. The summed E-state index contributed by atoms with van der Waals surface area (Å²) in [5.41, 5.74) is 0. The predicted molar refractivity (Wildman–Crippen MR) is 158 cm³/mol. The van der Waals surface area contributed by atoms with Crippen LogP contribution in [0.5, 0.6) is 11.5 Å². The van der Waals surface area contributed by atoms with Crippen molar-refractivity contribution in [3.8, 4) is 11.5 Å². The molecule has 8 radical (unpaired) electrons. The maximum absolute atomic E-state index is 6.04. The number of hydrogen-bond donors (Lipinski definition) is 0. The third kappa shape index (κ3) is 3.32. The monoisotopic (exact) mass is 524 g/mol. The van der Waals surface area contributed by atoms with Gasteiger partial charge in [0, 0.05) is 21.5 Å². The predicted octanol–water partition coefficient (Wildman–Crippen LogP) is 3.18. The van der Waals surface area contributed by atoms with Gasteiger partial charge in [-0.3, -0.25) is 0 Å². The molecular weight excluding hydrogens is 505 g/mol. The van der Waals surface area contributed by atoms with Gasteiger partial charge in [0.15, 0.2) is 0 Å². The fraction of sp³-hybridized carbons (Fsp3) is 0.0667. The largest absolute Gasteiger partial charge is 0.495 e. The van der Waals surface area contributed by atoms with Gasteiger partial charge >= 0.3 is 0 Å². The average molecular weight is 525 g/mol. The van der Waals surface area contributed by atoms with Gasteiger partial charge in [-0.15, -0.1) is 0 Å². The highest BCUT2D eigenvalue weighted by Gasteiger charge is 2.18. The number of benzene rings is 6. The number of ether oxygens (including phenoxy) is 2. The van der Waals surface area contributed by atoms with E-state index in [1.165, 1.54) is 63.8 Å². The molecule has 1 heterocycles. The van der Waals surface area contributed by atoms with E-state index in [1.807, 2.05) is 0 Å². The lowest BCUT2D eigenvalue weighted by molar-refractivity contribution is 0.424. The first-order valence-electron chi connectivity index (χ1n) is 11.9. The van der Waals surface area contributed by atoms with Crippen LogP contribution in [-0.2, 0) is 0 Å². The molecule has 36 heavy (non-hydrogen) atoms. The van der Waals surface area contributed by atoms with Crippen LogP contribution in [-0.4, -0.2) is 50.4 Å². The highest BCUT2D eigenvalue weighted by Crippen LogP contribution is 2.35. The Labute approximate surface area is 219 Å². The van der Waals surface area contributed by atoms with Crippen molar-refractivity contribution in [2.45, 2.75) is 0 Å². The maximum atomic E-state index is 6.04. The van der Waals surface area contributed by atoms with Gasteiger partial charge in [0.2, 0.25) is 0 Å². The van der Waals surface area contributed by atoms with Crippen molar-refractivity contribution in [3.63, 3.8) is 0 Å². The molecule has 0 unspecified atom stereocenters. The number of hydrogen-bond acceptors (Lipinski definition) is 2. The SMILES string of the molecule is COc1c2cccc3c2cc2c(cccc12)[Si][Si]c1cccc2c(OC)c4cccc(c4cc12)[Si][Si]3. The normalized spacial score (nSPS) is 13.4. The van der Waals surface area contributed by atoms with Crippen LogP contribution in [0.3, 0.4) is 0 Å². The first-order valence-corrected chi connectivity index (χ1v) is 17.9. The molecule has 0 aromatic heterocycles. The molecule has 6 heteroatoms. The molecule has 7 rings (SSSR count). The second kappa shape index (κ2) is 8.74. The Morgan fingerprint density at radius 3 is 0.917 bits per heavy atom. The van der Waals surface area contributed by atoms with Crippen LogP contribution in [0.4, 0.5) is 0 Å². The maximum Gasteiger partial charge on any atom is 0.134 e. The third-order valence-corrected chi connectivity index (χ3v) is 14.1. The Kier molecular flexibility index (Phi) is 5.36. The van der Waals surface area contributed by atoms with E-state index in [0.29, 0.717) is 36.1 Å². The average Bonchev–Trinajstić information content (AvgIpc) is 2.92. The topological polar surface area (TPSA) is 18.5 Å². The highest BCUT2D eigenvalue weighted by molar-refractivity contribution is 7.15. The Balaban J connectivity index is 1.56. The van der Waals surface area contributed by atoms with Gasteiger partial charge in [-0.05, 0) is 33.7 Å². The zero-order valence-corrected chi connectivity index (χ0v) is 23.9. The summed E-state index contributed by atoms with van der Waals surface area (Å²) < 4.78 is 12.1. The van der Waals surface area contributed by atoms with Crippen molar-refractivity contribution in [3.05, 3.63) is 84.9 Å². The van der Waals surface area contributed by atoms with Crippen molar-refractivity contribution in [2.75, 3.05) is 14.2 Å². The van der Waals surface area contributed by atoms with E-state index in [2.05, 4.69) is 84.9 Å². The van der Waals surface area contributed by atoms with Gasteiger partial charge in [-0.25, -0.2) is 0 Å². The summed E-state index contributed by atoms with van der Waals surface area (Å²) in [6, 6.07) is 31.7. The minimum absolute atomic E-state index is 0.690. The third-order valence-electron chi connectivity index (χ3n) is 7.05. The van der Waals surface area contributed by atoms with Gasteiger partial charge in [-0.1, -0.05) is 93.5 Å². The van der Waals surface area contributed by atoms with Crippen molar-refractivity contribution >= 4 is 100.0 Å². The van der Waals surface area contributed by atoms with E-state index in [-0.39, 0.29) is 0 Å². The van der Waals surface area contributed by atoms with Crippen LogP contribution in [0.1, 0.15) is 0 Å². The Bertz CT molecular complexity index is 1570. The molecule has 168 valence electrons. The summed E-state index contributed by atoms with van der Waals surface area (Å²) in [5.74, 6) is 2.00. The first kappa shape index (κ1) is 22.1. The molecule has 1 aliphatic heterocycles. The lowest BCUT2D eigenvalue weighted by atomic mass is 10.0. The standard InChI is InChI=1S/C30H20O2Si4/c1-31-29-17-7-3-11-25-21(17)15-22-18(29)8-4-12-26(22)34-36-28-14-6-10-20-24(28)16-23-19(30(20)32-2)9-5-13-27(23)35-33-25/h3-16H,1-2H3. The Hall–Kier alpha value is -3.17. The van der Waals surface area contributed by atoms with Crippen LogP contribution in [0.15, 0.2) is 84.9 Å². The molecule has 0 fully saturated rings. The van der Waals surface area contributed by atoms with E-state index in [9.17, 15) is 0 Å². The summed E-state index contributed by atoms with van der Waals surface area (Å²) in [5, 5.41) is 15.8. The van der Waals surface area contributed by atoms with Gasteiger partial charge in [0.1, 0.15) is 11.5 Å². The molecule has 0 saturated carbocycles. The van der Waals surface area contributed by atoms with Crippen molar-refractivity contribution < 1.29 is 9.47 Å². The van der Waals surface area contributed by atoms with Gasteiger partial charge < -0.3 is 9.47 Å². The van der Waals surface area contributed by atoms with Crippen LogP contribution in [0, 0.1) is 0 Å². The number of rotatable bonds is 2. The Morgan fingerprint density at radius 1 is 0.389 bits per heavy atom. The van der Waals surface area contributed by atoms with E-state index >= 15 is 0 Å². The lowest BCUT2D eigenvalue weighted by Crippen LogP contribution is -2.32. The molecule has 0 N–H and O–H groups in total. The molecular formula is C30H20O2Si4. The van der Waals surface area contributed by atoms with Crippen LogP contribution >= 0.6 is 0 Å². The minimum atomic E-state index is 0.690. The molecule has 0 spiro atoms. The zero-order chi connectivity index (χ0) is 24.2. The van der Waals surface area contributed by atoms with Gasteiger partial charge in [-0.2, -0.15) is 0 Å². The first-order chi connectivity index (χ1) is 17.8. The van der Waals surface area contributed by atoms with Gasteiger partial charge in [0.25, 0.3) is 0 Å². The Morgan fingerprint density at radius 2 is 0.667 bits per heavy atom. The molecule has 6 aromatic carbocycles. The molecule has 4 bridgehead atoms. The van der Waals surface area contributed by atoms with Crippen LogP contribution in [0.25, 0.3) is 43.1 Å². The molecule has 2 nitrogen and oxygen atoms in total. The fourth-order valence-corrected chi connectivity index (χ4v) is 12.3. The molecule has 0 saturated heterocycles. The zero-order valence-electron chi connectivity index (χ0n) is 19.9. The molecule has 0 atom stereocenters. The van der Waals surface area contributed by atoms with E-state index in [1.54, 1.807) is 14.2 Å². The molecule has 6 aromatic rings. The molecule has 1 aliphatic rings. The highest BCUT2D eigenvalue weighted by atomic mass is 29.1. The summed E-state index contributed by atoms with van der Waals surface area (Å²) >= 11 is 0.